The molecular formula is C17H14BrClN2O4. The molecule has 0 saturated heterocycles. The van der Waals surface area contributed by atoms with E-state index in [4.69, 9.17) is 30.3 Å². The molecule has 2 aromatic carbocycles. The summed E-state index contributed by atoms with van der Waals surface area (Å²) in [5.41, 5.74) is 0.745. The lowest BCUT2D eigenvalue weighted by Gasteiger charge is -2.07. The first-order chi connectivity index (χ1) is 12.1. The van der Waals surface area contributed by atoms with E-state index in [1.807, 2.05) is 12.1 Å². The molecule has 1 aromatic heterocycles. The minimum atomic E-state index is 0.113. The lowest BCUT2D eigenvalue weighted by atomic mass is 10.2. The number of nitrogens with zero attached hydrogens (tertiary/aromatic N) is 2. The quantitative estimate of drug-likeness (QED) is 0.568. The predicted molar refractivity (Wildman–Crippen MR) is 96.3 cm³/mol. The fourth-order valence-electron chi connectivity index (χ4n) is 2.14. The van der Waals surface area contributed by atoms with Gasteiger partial charge in [0.2, 0.25) is 5.82 Å². The Morgan fingerprint density at radius 2 is 1.80 bits per heavy atom. The highest BCUT2D eigenvalue weighted by atomic mass is 79.9. The molecule has 0 fully saturated rings. The first kappa shape index (κ1) is 17.6. The van der Waals surface area contributed by atoms with Gasteiger partial charge in [0.15, 0.2) is 18.1 Å². The van der Waals surface area contributed by atoms with Crippen LogP contribution >= 0.6 is 27.5 Å². The van der Waals surface area contributed by atoms with E-state index in [9.17, 15) is 0 Å². The van der Waals surface area contributed by atoms with Crippen LogP contribution in [0, 0.1) is 0 Å². The van der Waals surface area contributed by atoms with Crippen molar-refractivity contribution in [3.05, 3.63) is 51.8 Å². The zero-order valence-corrected chi connectivity index (χ0v) is 15.8. The Labute approximate surface area is 157 Å². The molecule has 6 nitrogen and oxygen atoms in total. The van der Waals surface area contributed by atoms with Crippen molar-refractivity contribution in [1.29, 1.82) is 0 Å². The number of benzene rings is 2. The number of hydrogen-bond acceptors (Lipinski definition) is 6. The normalized spacial score (nSPS) is 10.6. The molecule has 0 unspecified atom stereocenters. The standard InChI is InChI=1S/C17H14BrClN2O4/c1-22-14-5-3-10(7-15(14)23-2)17-20-16(25-21-17)9-24-13-6-4-11(18)8-12(13)19/h3-8H,9H2,1-2H3. The highest BCUT2D eigenvalue weighted by molar-refractivity contribution is 9.10. The van der Waals surface area contributed by atoms with Crippen molar-refractivity contribution in [3.8, 4) is 28.6 Å². The molecule has 0 atom stereocenters. The summed E-state index contributed by atoms with van der Waals surface area (Å²) in [6.45, 7) is 0.113. The fourth-order valence-corrected chi connectivity index (χ4v) is 2.87. The van der Waals surface area contributed by atoms with E-state index in [2.05, 4.69) is 26.1 Å². The molecule has 0 spiro atoms. The van der Waals surface area contributed by atoms with Gasteiger partial charge < -0.3 is 18.7 Å². The Hall–Kier alpha value is -2.25. The summed E-state index contributed by atoms with van der Waals surface area (Å²) in [7, 11) is 3.15. The molecule has 3 rings (SSSR count). The minimum Gasteiger partial charge on any atom is -0.493 e. The molecule has 25 heavy (non-hydrogen) atoms. The van der Waals surface area contributed by atoms with Crippen LogP contribution in [0.3, 0.4) is 0 Å². The van der Waals surface area contributed by atoms with E-state index >= 15 is 0 Å². The van der Waals surface area contributed by atoms with Gasteiger partial charge in [-0.05, 0) is 36.4 Å². The molecule has 0 aliphatic rings. The number of hydrogen-bond donors (Lipinski definition) is 0. The van der Waals surface area contributed by atoms with Crippen LogP contribution in [0.2, 0.25) is 5.02 Å². The summed E-state index contributed by atoms with van der Waals surface area (Å²) in [5.74, 6) is 2.52. The maximum atomic E-state index is 6.11. The second kappa shape index (κ2) is 7.76. The van der Waals surface area contributed by atoms with Crippen molar-refractivity contribution in [2.45, 2.75) is 6.61 Å². The number of aromatic nitrogens is 2. The van der Waals surface area contributed by atoms with E-state index in [0.717, 1.165) is 10.0 Å². The number of halogens is 2. The molecule has 0 aliphatic heterocycles. The monoisotopic (exact) mass is 424 g/mol. The zero-order chi connectivity index (χ0) is 17.8. The lowest BCUT2D eigenvalue weighted by Crippen LogP contribution is -1.96. The summed E-state index contributed by atoms with van der Waals surface area (Å²) in [6, 6.07) is 10.7. The summed E-state index contributed by atoms with van der Waals surface area (Å²) in [5, 5.41) is 4.46. The van der Waals surface area contributed by atoms with Crippen LogP contribution in [0.5, 0.6) is 17.2 Å². The zero-order valence-electron chi connectivity index (χ0n) is 13.5. The molecule has 0 N–H and O–H groups in total. The predicted octanol–water partition coefficient (Wildman–Crippen LogP) is 4.75. The molecule has 8 heteroatoms. The minimum absolute atomic E-state index is 0.113. The van der Waals surface area contributed by atoms with Gasteiger partial charge in [0.25, 0.3) is 5.89 Å². The molecular weight excluding hydrogens is 412 g/mol. The summed E-state index contributed by atoms with van der Waals surface area (Å²) < 4.78 is 22.2. The van der Waals surface area contributed by atoms with Gasteiger partial charge in [-0.3, -0.25) is 0 Å². The van der Waals surface area contributed by atoms with Gasteiger partial charge in [-0.1, -0.05) is 32.7 Å². The molecule has 0 aliphatic carbocycles. The van der Waals surface area contributed by atoms with Gasteiger partial charge >= 0.3 is 0 Å². The summed E-state index contributed by atoms with van der Waals surface area (Å²) >= 11 is 9.45. The van der Waals surface area contributed by atoms with Crippen LogP contribution < -0.4 is 14.2 Å². The third kappa shape index (κ3) is 4.05. The second-order valence-corrected chi connectivity index (χ2v) is 6.27. The van der Waals surface area contributed by atoms with E-state index in [1.54, 1.807) is 38.5 Å². The van der Waals surface area contributed by atoms with Crippen LogP contribution in [0.25, 0.3) is 11.4 Å². The highest BCUT2D eigenvalue weighted by Crippen LogP contribution is 2.31. The molecule has 1 heterocycles. The van der Waals surface area contributed by atoms with Gasteiger partial charge in [-0.25, -0.2) is 0 Å². The Kier molecular flexibility index (Phi) is 5.45. The van der Waals surface area contributed by atoms with Crippen molar-refractivity contribution in [3.63, 3.8) is 0 Å². The van der Waals surface area contributed by atoms with Gasteiger partial charge in [-0.2, -0.15) is 4.98 Å². The van der Waals surface area contributed by atoms with Crippen LogP contribution in [-0.2, 0) is 6.61 Å². The van der Waals surface area contributed by atoms with Crippen molar-refractivity contribution >= 4 is 27.5 Å². The molecule has 0 saturated carbocycles. The van der Waals surface area contributed by atoms with Crippen molar-refractivity contribution in [2.75, 3.05) is 14.2 Å². The first-order valence-corrected chi connectivity index (χ1v) is 8.40. The van der Waals surface area contributed by atoms with Gasteiger partial charge in [0, 0.05) is 10.0 Å². The van der Waals surface area contributed by atoms with Gasteiger partial charge in [-0.15, -0.1) is 0 Å². The summed E-state index contributed by atoms with van der Waals surface area (Å²) in [6.07, 6.45) is 0. The first-order valence-electron chi connectivity index (χ1n) is 7.23. The van der Waals surface area contributed by atoms with Crippen LogP contribution in [0.1, 0.15) is 5.89 Å². The van der Waals surface area contributed by atoms with Gasteiger partial charge in [0.1, 0.15) is 5.75 Å². The molecule has 0 bridgehead atoms. The Balaban J connectivity index is 1.74. The molecule has 130 valence electrons. The third-order valence-corrected chi connectivity index (χ3v) is 4.14. The Bertz CT molecular complexity index is 885. The van der Waals surface area contributed by atoms with E-state index < -0.39 is 0 Å². The lowest BCUT2D eigenvalue weighted by molar-refractivity contribution is 0.243. The molecule has 3 aromatic rings. The Morgan fingerprint density at radius 3 is 2.52 bits per heavy atom. The second-order valence-electron chi connectivity index (χ2n) is 4.94. The van der Waals surface area contributed by atoms with Crippen molar-refractivity contribution < 1.29 is 18.7 Å². The largest absolute Gasteiger partial charge is 0.493 e. The van der Waals surface area contributed by atoms with Crippen molar-refractivity contribution in [1.82, 2.24) is 10.1 Å². The van der Waals surface area contributed by atoms with Crippen LogP contribution in [0.15, 0.2) is 45.4 Å². The fraction of sp³-hybridized carbons (Fsp3) is 0.176. The van der Waals surface area contributed by atoms with E-state index in [1.165, 1.54) is 0 Å². The highest BCUT2D eigenvalue weighted by Gasteiger charge is 2.13. The topological polar surface area (TPSA) is 66.6 Å². The number of ether oxygens (including phenoxy) is 3. The SMILES string of the molecule is COc1ccc(-c2noc(COc3ccc(Br)cc3Cl)n2)cc1OC. The maximum absolute atomic E-state index is 6.11. The number of rotatable bonds is 6. The molecule has 0 radical (unpaired) electrons. The molecule has 0 amide bonds. The maximum Gasteiger partial charge on any atom is 0.264 e. The van der Waals surface area contributed by atoms with E-state index in [0.29, 0.717) is 34.0 Å². The van der Waals surface area contributed by atoms with Crippen LogP contribution in [-0.4, -0.2) is 24.4 Å². The number of methoxy groups -OCH3 is 2. The smallest absolute Gasteiger partial charge is 0.264 e. The van der Waals surface area contributed by atoms with E-state index in [-0.39, 0.29) is 6.61 Å². The summed E-state index contributed by atoms with van der Waals surface area (Å²) in [4.78, 5) is 4.32. The van der Waals surface area contributed by atoms with Crippen LogP contribution in [0.4, 0.5) is 0 Å². The Morgan fingerprint density at radius 1 is 1.04 bits per heavy atom. The van der Waals surface area contributed by atoms with Crippen molar-refractivity contribution in [2.24, 2.45) is 0 Å². The van der Waals surface area contributed by atoms with Gasteiger partial charge in [0.05, 0.1) is 19.2 Å². The third-order valence-electron chi connectivity index (χ3n) is 3.35. The average molecular weight is 426 g/mol. The average Bonchev–Trinajstić information content (AvgIpc) is 3.09.